The Morgan fingerprint density at radius 3 is 2.72 bits per heavy atom. The van der Waals surface area contributed by atoms with E-state index in [-0.39, 0.29) is 5.91 Å². The molecule has 1 fully saturated rings. The minimum atomic E-state index is 0.0657. The van der Waals surface area contributed by atoms with E-state index in [0.29, 0.717) is 37.8 Å². The summed E-state index contributed by atoms with van der Waals surface area (Å²) in [6.07, 6.45) is 1.93. The molecular weight excluding hydrogens is 334 g/mol. The third-order valence-electron chi connectivity index (χ3n) is 4.05. The number of carbonyl (C=O) groups is 1. The van der Waals surface area contributed by atoms with Crippen molar-refractivity contribution >= 4 is 29.3 Å². The van der Waals surface area contributed by atoms with Gasteiger partial charge in [0.15, 0.2) is 0 Å². The van der Waals surface area contributed by atoms with Crippen molar-refractivity contribution in [3.05, 3.63) is 45.4 Å². The van der Waals surface area contributed by atoms with Gasteiger partial charge in [-0.15, -0.1) is 11.3 Å². The summed E-state index contributed by atoms with van der Waals surface area (Å²) in [5.41, 5.74) is 1.89. The predicted molar refractivity (Wildman–Crippen MR) is 98.2 cm³/mol. The lowest BCUT2D eigenvalue weighted by Crippen LogP contribution is -2.49. The lowest BCUT2D eigenvalue weighted by atomic mass is 10.2. The molecule has 7 heteroatoms. The van der Waals surface area contributed by atoms with Gasteiger partial charge >= 0.3 is 0 Å². The number of rotatable bonds is 3. The second-order valence-electron chi connectivity index (χ2n) is 5.93. The average molecular weight is 353 g/mol. The largest absolute Gasteiger partial charge is 0.337 e. The molecule has 3 rings (SSSR count). The van der Waals surface area contributed by atoms with Crippen LogP contribution in [-0.2, 0) is 4.79 Å². The molecule has 0 spiro atoms. The fourth-order valence-electron chi connectivity index (χ4n) is 2.76. The van der Waals surface area contributed by atoms with E-state index in [4.69, 9.17) is 5.26 Å². The summed E-state index contributed by atoms with van der Waals surface area (Å²) >= 11 is 1.62. The van der Waals surface area contributed by atoms with Crippen LogP contribution in [0.3, 0.4) is 0 Å². The number of piperazine rings is 1. The lowest BCUT2D eigenvalue weighted by Gasteiger charge is -2.35. The second-order valence-corrected chi connectivity index (χ2v) is 6.91. The molecule has 1 aliphatic heterocycles. The molecule has 128 valence electrons. The van der Waals surface area contributed by atoms with Gasteiger partial charge in [-0.1, -0.05) is 6.07 Å². The number of nitriles is 1. The van der Waals surface area contributed by atoms with E-state index in [9.17, 15) is 4.79 Å². The van der Waals surface area contributed by atoms with Crippen molar-refractivity contribution in [2.24, 2.45) is 0 Å². The molecule has 0 atom stereocenters. The third-order valence-corrected chi connectivity index (χ3v) is 4.87. The first kappa shape index (κ1) is 17.1. The Hall–Kier alpha value is -2.72. The Bertz CT molecular complexity index is 830. The zero-order valence-corrected chi connectivity index (χ0v) is 15.1. The zero-order chi connectivity index (χ0) is 17.8. The molecule has 0 saturated carbocycles. The summed E-state index contributed by atoms with van der Waals surface area (Å²) in [6.45, 7) is 6.27. The number of anilines is 1. The lowest BCUT2D eigenvalue weighted by molar-refractivity contribution is -0.127. The van der Waals surface area contributed by atoms with Gasteiger partial charge in [0, 0.05) is 42.3 Å². The van der Waals surface area contributed by atoms with Gasteiger partial charge in [0.25, 0.3) is 0 Å². The highest BCUT2D eigenvalue weighted by atomic mass is 32.1. The van der Waals surface area contributed by atoms with Crippen LogP contribution in [0.5, 0.6) is 0 Å². The quantitative estimate of drug-likeness (QED) is 0.793. The molecule has 6 nitrogen and oxygen atoms in total. The topological polar surface area (TPSA) is 73.1 Å². The fourth-order valence-corrected chi connectivity index (χ4v) is 3.48. The monoisotopic (exact) mass is 353 g/mol. The van der Waals surface area contributed by atoms with Crippen LogP contribution in [0.1, 0.15) is 23.2 Å². The van der Waals surface area contributed by atoms with Crippen molar-refractivity contribution in [2.45, 2.75) is 13.8 Å². The Kier molecular flexibility index (Phi) is 5.10. The Morgan fingerprint density at radius 2 is 2.08 bits per heavy atom. The van der Waals surface area contributed by atoms with Crippen molar-refractivity contribution in [1.82, 2.24) is 14.9 Å². The first-order valence-corrected chi connectivity index (χ1v) is 8.96. The van der Waals surface area contributed by atoms with Crippen LogP contribution in [0.2, 0.25) is 0 Å². The van der Waals surface area contributed by atoms with Crippen LogP contribution in [0, 0.1) is 18.3 Å². The maximum Gasteiger partial charge on any atom is 0.249 e. The molecule has 1 aliphatic rings. The van der Waals surface area contributed by atoms with Gasteiger partial charge in [-0.3, -0.25) is 4.79 Å². The summed E-state index contributed by atoms with van der Waals surface area (Å²) in [6, 6.07) is 7.71. The Morgan fingerprint density at radius 1 is 1.32 bits per heavy atom. The number of aromatic nitrogens is 2. The van der Waals surface area contributed by atoms with Crippen LogP contribution in [-0.4, -0.2) is 47.0 Å². The number of nitrogens with zero attached hydrogens (tertiary/aromatic N) is 5. The summed E-state index contributed by atoms with van der Waals surface area (Å²) < 4.78 is 0. The summed E-state index contributed by atoms with van der Waals surface area (Å²) in [5, 5.41) is 11.0. The number of aryl methyl sites for hydroxylation is 1. The summed E-state index contributed by atoms with van der Waals surface area (Å²) in [5.74, 6) is 0.630. The highest BCUT2D eigenvalue weighted by molar-refractivity contribution is 7.10. The Balaban J connectivity index is 1.65. The molecule has 1 saturated heterocycles. The molecule has 1 amide bonds. The molecule has 0 aliphatic carbocycles. The maximum atomic E-state index is 12.6. The van der Waals surface area contributed by atoms with Crippen molar-refractivity contribution in [3.8, 4) is 6.07 Å². The van der Waals surface area contributed by atoms with Crippen LogP contribution < -0.4 is 4.90 Å². The van der Waals surface area contributed by atoms with E-state index < -0.39 is 0 Å². The molecule has 0 aromatic carbocycles. The van der Waals surface area contributed by atoms with Crippen molar-refractivity contribution in [3.63, 3.8) is 0 Å². The first-order valence-electron chi connectivity index (χ1n) is 8.08. The van der Waals surface area contributed by atoms with Crippen LogP contribution in [0.4, 0.5) is 5.95 Å². The van der Waals surface area contributed by atoms with Gasteiger partial charge in [0.1, 0.15) is 11.8 Å². The standard InChI is InChI=1S/C18H19N5OS/c1-13(10-16-4-3-9-25-16)17(24)22-5-7-23(8-6-22)18-20-14(2)11-15(12-19)21-18/h3-4,9-11H,5-8H2,1-2H3/b13-10+. The molecule has 3 heterocycles. The highest BCUT2D eigenvalue weighted by Crippen LogP contribution is 2.17. The van der Waals surface area contributed by atoms with Crippen LogP contribution in [0.15, 0.2) is 29.2 Å². The van der Waals surface area contributed by atoms with Crippen molar-refractivity contribution < 1.29 is 4.79 Å². The number of thiophene rings is 1. The fraction of sp³-hybridized carbons (Fsp3) is 0.333. The van der Waals surface area contributed by atoms with Gasteiger partial charge in [-0.05, 0) is 37.4 Å². The highest BCUT2D eigenvalue weighted by Gasteiger charge is 2.23. The second kappa shape index (κ2) is 7.45. The molecule has 0 unspecified atom stereocenters. The van der Waals surface area contributed by atoms with E-state index in [1.54, 1.807) is 17.4 Å². The molecule has 25 heavy (non-hydrogen) atoms. The van der Waals surface area contributed by atoms with Gasteiger partial charge in [0.05, 0.1) is 0 Å². The SMILES string of the molecule is C/C(=C\c1cccs1)C(=O)N1CCN(c2nc(C)cc(C#N)n2)CC1. The smallest absolute Gasteiger partial charge is 0.249 e. The van der Waals surface area contributed by atoms with E-state index in [2.05, 4.69) is 16.0 Å². The predicted octanol–water partition coefficient (Wildman–Crippen LogP) is 2.47. The maximum absolute atomic E-state index is 12.6. The number of hydrogen-bond acceptors (Lipinski definition) is 6. The van der Waals surface area contributed by atoms with Crippen molar-refractivity contribution in [1.29, 1.82) is 5.26 Å². The molecule has 2 aromatic heterocycles. The zero-order valence-electron chi connectivity index (χ0n) is 14.3. The molecule has 0 N–H and O–H groups in total. The molecule has 0 radical (unpaired) electrons. The van der Waals surface area contributed by atoms with Gasteiger partial charge in [-0.2, -0.15) is 5.26 Å². The van der Waals surface area contributed by atoms with E-state index in [1.807, 2.05) is 47.2 Å². The first-order chi connectivity index (χ1) is 12.1. The third kappa shape index (κ3) is 4.03. The van der Waals surface area contributed by atoms with E-state index in [1.165, 1.54) is 0 Å². The minimum absolute atomic E-state index is 0.0657. The van der Waals surface area contributed by atoms with E-state index in [0.717, 1.165) is 16.1 Å². The number of amides is 1. The minimum Gasteiger partial charge on any atom is -0.337 e. The summed E-state index contributed by atoms with van der Waals surface area (Å²) in [7, 11) is 0. The number of carbonyl (C=O) groups excluding carboxylic acids is 1. The van der Waals surface area contributed by atoms with Crippen LogP contribution in [0.25, 0.3) is 6.08 Å². The van der Waals surface area contributed by atoms with Gasteiger partial charge < -0.3 is 9.80 Å². The average Bonchev–Trinajstić information content (AvgIpc) is 3.13. The van der Waals surface area contributed by atoms with Gasteiger partial charge in [0.2, 0.25) is 11.9 Å². The molecular formula is C18H19N5OS. The Labute approximate surface area is 151 Å². The van der Waals surface area contributed by atoms with Gasteiger partial charge in [-0.25, -0.2) is 9.97 Å². The van der Waals surface area contributed by atoms with Crippen LogP contribution >= 0.6 is 11.3 Å². The summed E-state index contributed by atoms with van der Waals surface area (Å²) in [4.78, 5) is 26.2. The van der Waals surface area contributed by atoms with E-state index >= 15 is 0 Å². The normalized spacial score (nSPS) is 15.2. The van der Waals surface area contributed by atoms with Crippen molar-refractivity contribution in [2.75, 3.05) is 31.1 Å². The number of hydrogen-bond donors (Lipinski definition) is 0. The molecule has 2 aromatic rings. The molecule has 0 bridgehead atoms.